The van der Waals surface area contributed by atoms with E-state index in [0.717, 1.165) is 77.3 Å². The summed E-state index contributed by atoms with van der Waals surface area (Å²) >= 11 is 0. The normalized spacial score (nSPS) is 11.6. The molecule has 0 saturated carbocycles. The molecule has 6 heteroatoms. The van der Waals surface area contributed by atoms with E-state index in [9.17, 15) is 4.39 Å². The Labute approximate surface area is 291 Å². The molecule has 0 saturated heterocycles. The topological polar surface area (TPSA) is 65.0 Å². The second-order valence-corrected chi connectivity index (χ2v) is 12.5. The zero-order valence-electron chi connectivity index (χ0n) is 27.0. The predicted octanol–water partition coefficient (Wildman–Crippen LogP) is 12.1. The summed E-state index contributed by atoms with van der Waals surface area (Å²) in [7, 11) is 0. The first kappa shape index (κ1) is 29.0. The SMILES string of the molecule is Fc1ccc(-c2nc(-c3ccccc3)nc(-c3cc(-c4cccc5c4oc4ccccc45)cc(-c4cccc5c4oc4ccccc45)c3)n2)cc1. The Morgan fingerprint density at radius 1 is 0.353 bits per heavy atom. The van der Waals surface area contributed by atoms with E-state index in [-0.39, 0.29) is 5.82 Å². The van der Waals surface area contributed by atoms with Crippen LogP contribution >= 0.6 is 0 Å². The molecule has 0 amide bonds. The molecule has 0 bridgehead atoms. The van der Waals surface area contributed by atoms with E-state index in [4.69, 9.17) is 23.8 Å². The molecule has 0 atom stereocenters. The molecule has 51 heavy (non-hydrogen) atoms. The maximum atomic E-state index is 14.0. The van der Waals surface area contributed by atoms with Gasteiger partial charge in [0.1, 0.15) is 28.1 Å². The Morgan fingerprint density at radius 2 is 0.784 bits per heavy atom. The first-order valence-corrected chi connectivity index (χ1v) is 16.7. The number of rotatable bonds is 5. The van der Waals surface area contributed by atoms with Crippen LogP contribution in [0.1, 0.15) is 0 Å². The van der Waals surface area contributed by atoms with E-state index in [1.165, 1.54) is 12.1 Å². The highest BCUT2D eigenvalue weighted by atomic mass is 19.1. The average molecular weight is 660 g/mol. The van der Waals surface area contributed by atoms with E-state index in [0.29, 0.717) is 23.0 Å². The van der Waals surface area contributed by atoms with Crippen LogP contribution in [-0.2, 0) is 0 Å². The van der Waals surface area contributed by atoms with Crippen molar-refractivity contribution in [3.8, 4) is 56.4 Å². The lowest BCUT2D eigenvalue weighted by Gasteiger charge is -2.13. The maximum Gasteiger partial charge on any atom is 0.164 e. The van der Waals surface area contributed by atoms with E-state index >= 15 is 0 Å². The van der Waals surface area contributed by atoms with Crippen LogP contribution in [0.15, 0.2) is 167 Å². The van der Waals surface area contributed by atoms with E-state index in [1.807, 2.05) is 66.7 Å². The van der Waals surface area contributed by atoms with Gasteiger partial charge in [0, 0.05) is 49.4 Å². The molecule has 3 heterocycles. The number of hydrogen-bond donors (Lipinski definition) is 0. The Bertz CT molecular complexity index is 2800. The fourth-order valence-corrected chi connectivity index (χ4v) is 6.97. The van der Waals surface area contributed by atoms with Crippen LogP contribution < -0.4 is 0 Å². The van der Waals surface area contributed by atoms with Crippen LogP contribution in [-0.4, -0.2) is 15.0 Å². The Kier molecular flexibility index (Phi) is 6.61. The molecule has 0 radical (unpaired) electrons. The summed E-state index contributed by atoms with van der Waals surface area (Å²) in [4.78, 5) is 14.9. The van der Waals surface area contributed by atoms with Crippen molar-refractivity contribution in [2.24, 2.45) is 0 Å². The first-order valence-electron chi connectivity index (χ1n) is 16.7. The monoisotopic (exact) mass is 659 g/mol. The van der Waals surface area contributed by atoms with Gasteiger partial charge in [-0.3, -0.25) is 0 Å². The quantitative estimate of drug-likeness (QED) is 0.184. The molecule has 0 aliphatic carbocycles. The summed E-state index contributed by atoms with van der Waals surface area (Å²) in [6.07, 6.45) is 0. The van der Waals surface area contributed by atoms with Gasteiger partial charge in [-0.05, 0) is 65.7 Å². The molecule has 240 valence electrons. The number of para-hydroxylation sites is 4. The van der Waals surface area contributed by atoms with Gasteiger partial charge in [0.15, 0.2) is 17.5 Å². The molecule has 0 aliphatic heterocycles. The molecule has 10 aromatic rings. The van der Waals surface area contributed by atoms with Crippen LogP contribution in [0.5, 0.6) is 0 Å². The van der Waals surface area contributed by atoms with Gasteiger partial charge in [-0.25, -0.2) is 19.3 Å². The van der Waals surface area contributed by atoms with Gasteiger partial charge in [0.05, 0.1) is 0 Å². The van der Waals surface area contributed by atoms with Gasteiger partial charge in [-0.2, -0.15) is 0 Å². The molecule has 3 aromatic heterocycles. The molecule has 0 N–H and O–H groups in total. The van der Waals surface area contributed by atoms with Crippen molar-refractivity contribution in [1.29, 1.82) is 0 Å². The highest BCUT2D eigenvalue weighted by molar-refractivity contribution is 6.11. The summed E-state index contributed by atoms with van der Waals surface area (Å²) in [6, 6.07) is 51.1. The molecule has 0 spiro atoms. The lowest BCUT2D eigenvalue weighted by atomic mass is 9.94. The van der Waals surface area contributed by atoms with Gasteiger partial charge < -0.3 is 8.83 Å². The number of furan rings is 2. The van der Waals surface area contributed by atoms with Gasteiger partial charge in [-0.1, -0.05) is 103 Å². The van der Waals surface area contributed by atoms with Gasteiger partial charge in [-0.15, -0.1) is 0 Å². The van der Waals surface area contributed by atoms with Crippen molar-refractivity contribution in [1.82, 2.24) is 15.0 Å². The summed E-state index contributed by atoms with van der Waals surface area (Å²) in [5, 5.41) is 4.21. The highest BCUT2D eigenvalue weighted by Crippen LogP contribution is 2.41. The maximum absolute atomic E-state index is 14.0. The standard InChI is InChI=1S/C45H26FN3O2/c46-32-22-20-28(21-23-32)44-47-43(27-10-2-1-3-11-27)48-45(49-44)31-25-29(33-14-8-16-37-35-12-4-6-18-39(35)50-41(33)37)24-30(26-31)34-15-9-17-38-36-13-5-7-19-40(36)51-42(34)38/h1-26H. The minimum Gasteiger partial charge on any atom is -0.455 e. The number of halogens is 1. The Hall–Kier alpha value is -6.92. The molecule has 5 nitrogen and oxygen atoms in total. The van der Waals surface area contributed by atoms with E-state index in [1.54, 1.807) is 12.1 Å². The molecule has 0 aliphatic rings. The van der Waals surface area contributed by atoms with Crippen LogP contribution in [0.25, 0.3) is 100 Å². The highest BCUT2D eigenvalue weighted by Gasteiger charge is 2.19. The lowest BCUT2D eigenvalue weighted by molar-refractivity contribution is 0.628. The smallest absolute Gasteiger partial charge is 0.164 e. The Morgan fingerprint density at radius 3 is 1.33 bits per heavy atom. The molecule has 7 aromatic carbocycles. The zero-order chi connectivity index (χ0) is 33.9. The summed E-state index contributed by atoms with van der Waals surface area (Å²) < 4.78 is 27.0. The van der Waals surface area contributed by atoms with Gasteiger partial charge in [0.25, 0.3) is 0 Å². The van der Waals surface area contributed by atoms with E-state index in [2.05, 4.69) is 66.7 Å². The summed E-state index contributed by atoms with van der Waals surface area (Å²) in [6.45, 7) is 0. The average Bonchev–Trinajstić information content (AvgIpc) is 3.77. The van der Waals surface area contributed by atoms with Crippen molar-refractivity contribution < 1.29 is 13.2 Å². The van der Waals surface area contributed by atoms with E-state index < -0.39 is 0 Å². The number of benzene rings is 7. The lowest BCUT2D eigenvalue weighted by Crippen LogP contribution is -2.00. The molecular weight excluding hydrogens is 634 g/mol. The second kappa shape index (κ2) is 11.6. The third-order valence-corrected chi connectivity index (χ3v) is 9.39. The second-order valence-electron chi connectivity index (χ2n) is 12.5. The van der Waals surface area contributed by atoms with Crippen molar-refractivity contribution in [3.05, 3.63) is 164 Å². The summed E-state index contributed by atoms with van der Waals surface area (Å²) in [5.74, 6) is 1.13. The number of aromatic nitrogens is 3. The Balaban J connectivity index is 1.26. The zero-order valence-corrected chi connectivity index (χ0v) is 27.0. The summed E-state index contributed by atoms with van der Waals surface area (Å²) in [5.41, 5.74) is 9.34. The minimum absolute atomic E-state index is 0.326. The fraction of sp³-hybridized carbons (Fsp3) is 0. The van der Waals surface area contributed by atoms with Crippen LogP contribution in [0, 0.1) is 5.82 Å². The van der Waals surface area contributed by atoms with Crippen LogP contribution in [0.4, 0.5) is 4.39 Å². The predicted molar refractivity (Wildman–Crippen MR) is 202 cm³/mol. The number of hydrogen-bond acceptors (Lipinski definition) is 5. The van der Waals surface area contributed by atoms with Crippen molar-refractivity contribution in [3.63, 3.8) is 0 Å². The fourth-order valence-electron chi connectivity index (χ4n) is 6.97. The van der Waals surface area contributed by atoms with Crippen molar-refractivity contribution >= 4 is 43.9 Å². The van der Waals surface area contributed by atoms with Crippen molar-refractivity contribution in [2.75, 3.05) is 0 Å². The van der Waals surface area contributed by atoms with Gasteiger partial charge in [0.2, 0.25) is 0 Å². The van der Waals surface area contributed by atoms with Crippen LogP contribution in [0.3, 0.4) is 0 Å². The van der Waals surface area contributed by atoms with Crippen molar-refractivity contribution in [2.45, 2.75) is 0 Å². The molecule has 10 rings (SSSR count). The van der Waals surface area contributed by atoms with Crippen LogP contribution in [0.2, 0.25) is 0 Å². The minimum atomic E-state index is -0.326. The number of nitrogens with zero attached hydrogens (tertiary/aromatic N) is 3. The molecular formula is C45H26FN3O2. The molecule has 0 fully saturated rings. The third kappa shape index (κ3) is 4.96. The largest absolute Gasteiger partial charge is 0.455 e. The molecule has 0 unspecified atom stereocenters. The third-order valence-electron chi connectivity index (χ3n) is 9.39. The first-order chi connectivity index (χ1) is 25.2. The van der Waals surface area contributed by atoms with Gasteiger partial charge >= 0.3 is 0 Å². The number of fused-ring (bicyclic) bond motifs is 6.